The van der Waals surface area contributed by atoms with Crippen molar-refractivity contribution >= 4 is 35.2 Å². The summed E-state index contributed by atoms with van der Waals surface area (Å²) in [5, 5.41) is 12.5. The highest BCUT2D eigenvalue weighted by Crippen LogP contribution is 2.25. The van der Waals surface area contributed by atoms with Crippen LogP contribution in [-0.4, -0.2) is 26.4 Å². The molecule has 2 aromatic rings. The molecule has 1 N–H and O–H groups in total. The van der Waals surface area contributed by atoms with Gasteiger partial charge in [0.1, 0.15) is 0 Å². The van der Waals surface area contributed by atoms with Crippen molar-refractivity contribution in [2.24, 2.45) is 0 Å². The van der Waals surface area contributed by atoms with Crippen LogP contribution in [0.1, 0.15) is 12.0 Å². The van der Waals surface area contributed by atoms with Gasteiger partial charge in [-0.15, -0.1) is 10.2 Å². The van der Waals surface area contributed by atoms with Crippen molar-refractivity contribution in [3.8, 4) is 0 Å². The van der Waals surface area contributed by atoms with E-state index in [4.69, 9.17) is 11.6 Å². The van der Waals surface area contributed by atoms with Crippen molar-refractivity contribution in [1.29, 1.82) is 0 Å². The summed E-state index contributed by atoms with van der Waals surface area (Å²) >= 11 is 7.48. The summed E-state index contributed by atoms with van der Waals surface area (Å²) in [5.41, 5.74) is 0.916. The van der Waals surface area contributed by atoms with Crippen LogP contribution in [0.2, 0.25) is 5.02 Å². The smallest absolute Gasteiger partial charge is 0.231 e. The van der Waals surface area contributed by atoms with Gasteiger partial charge < -0.3 is 0 Å². The van der Waals surface area contributed by atoms with Crippen LogP contribution in [0, 0.1) is 0 Å². The first-order valence-corrected chi connectivity index (χ1v) is 7.69. The highest BCUT2D eigenvalue weighted by Gasteiger charge is 2.17. The molecule has 7 heteroatoms. The largest absolute Gasteiger partial charge is 0.294 e. The second-order valence-corrected chi connectivity index (χ2v) is 6.01. The van der Waals surface area contributed by atoms with Crippen molar-refractivity contribution in [2.75, 3.05) is 11.1 Å². The standard InChI is InChI=1S/C13H13ClN4OS/c14-10-4-2-9(3-5-10)8-11(19)15-12-16-17-13-18(12)6-1-7-20-13/h2-5H,1,6-8H2,(H,15,16,19). The third kappa shape index (κ3) is 2.96. The van der Waals surface area contributed by atoms with Crippen LogP contribution < -0.4 is 5.32 Å². The maximum atomic E-state index is 12.0. The molecule has 0 aliphatic carbocycles. The van der Waals surface area contributed by atoms with E-state index in [2.05, 4.69) is 15.5 Å². The molecule has 0 fully saturated rings. The molecule has 0 bridgehead atoms. The number of carbonyl (C=O) groups excluding carboxylic acids is 1. The fraction of sp³-hybridized carbons (Fsp3) is 0.308. The summed E-state index contributed by atoms with van der Waals surface area (Å²) in [5.74, 6) is 1.49. The Bertz CT molecular complexity index is 626. The molecule has 3 rings (SSSR count). The molecule has 1 aromatic carbocycles. The first-order chi connectivity index (χ1) is 9.72. The highest BCUT2D eigenvalue weighted by molar-refractivity contribution is 7.99. The fourth-order valence-corrected chi connectivity index (χ4v) is 3.05. The van der Waals surface area contributed by atoms with E-state index in [1.54, 1.807) is 23.9 Å². The van der Waals surface area contributed by atoms with Gasteiger partial charge in [-0.05, 0) is 24.1 Å². The Morgan fingerprint density at radius 3 is 2.95 bits per heavy atom. The van der Waals surface area contributed by atoms with E-state index in [1.807, 2.05) is 16.7 Å². The van der Waals surface area contributed by atoms with Gasteiger partial charge in [0.2, 0.25) is 11.9 Å². The Hall–Kier alpha value is -1.53. The van der Waals surface area contributed by atoms with Crippen molar-refractivity contribution in [2.45, 2.75) is 24.5 Å². The van der Waals surface area contributed by atoms with E-state index in [1.165, 1.54) is 0 Å². The minimum absolute atomic E-state index is 0.0990. The Labute approximate surface area is 125 Å². The van der Waals surface area contributed by atoms with E-state index in [0.717, 1.165) is 29.4 Å². The first kappa shape index (κ1) is 13.5. The number of benzene rings is 1. The molecule has 1 amide bonds. The number of rotatable bonds is 3. The molecule has 1 aliphatic rings. The number of aromatic nitrogens is 3. The maximum absolute atomic E-state index is 12.0. The van der Waals surface area contributed by atoms with Gasteiger partial charge in [0.15, 0.2) is 5.16 Å². The maximum Gasteiger partial charge on any atom is 0.231 e. The molecular formula is C13H13ClN4OS. The second kappa shape index (κ2) is 5.85. The van der Waals surface area contributed by atoms with Gasteiger partial charge >= 0.3 is 0 Å². The number of amides is 1. The van der Waals surface area contributed by atoms with Gasteiger partial charge in [0.05, 0.1) is 6.42 Å². The predicted octanol–water partition coefficient (Wildman–Crippen LogP) is 2.61. The normalized spacial score (nSPS) is 13.8. The van der Waals surface area contributed by atoms with Crippen LogP contribution >= 0.6 is 23.4 Å². The minimum atomic E-state index is -0.0990. The molecule has 0 saturated carbocycles. The lowest BCUT2D eigenvalue weighted by Gasteiger charge is -2.14. The average molecular weight is 309 g/mol. The van der Waals surface area contributed by atoms with Crippen LogP contribution in [-0.2, 0) is 17.8 Å². The molecule has 0 atom stereocenters. The Kier molecular flexibility index (Phi) is 3.93. The van der Waals surface area contributed by atoms with E-state index < -0.39 is 0 Å². The van der Waals surface area contributed by atoms with Crippen molar-refractivity contribution in [3.05, 3.63) is 34.9 Å². The SMILES string of the molecule is O=C(Cc1ccc(Cl)cc1)Nc1nnc2n1CCCS2. The van der Waals surface area contributed by atoms with Crippen LogP contribution in [0.25, 0.3) is 0 Å². The van der Waals surface area contributed by atoms with Gasteiger partial charge in [-0.1, -0.05) is 35.5 Å². The van der Waals surface area contributed by atoms with Crippen LogP contribution in [0.15, 0.2) is 29.4 Å². The van der Waals surface area contributed by atoms with Gasteiger partial charge in [-0.25, -0.2) is 0 Å². The number of nitrogens with zero attached hydrogens (tertiary/aromatic N) is 3. The van der Waals surface area contributed by atoms with Crippen LogP contribution in [0.5, 0.6) is 0 Å². The lowest BCUT2D eigenvalue weighted by Crippen LogP contribution is -2.19. The summed E-state index contributed by atoms with van der Waals surface area (Å²) in [6.07, 6.45) is 1.36. The minimum Gasteiger partial charge on any atom is -0.294 e. The zero-order chi connectivity index (χ0) is 13.9. The zero-order valence-electron chi connectivity index (χ0n) is 10.7. The number of hydrogen-bond acceptors (Lipinski definition) is 4. The van der Waals surface area contributed by atoms with Gasteiger partial charge in [-0.3, -0.25) is 14.7 Å². The van der Waals surface area contributed by atoms with Crippen LogP contribution in [0.4, 0.5) is 5.95 Å². The molecule has 5 nitrogen and oxygen atoms in total. The Morgan fingerprint density at radius 1 is 1.35 bits per heavy atom. The average Bonchev–Trinajstić information content (AvgIpc) is 2.85. The molecule has 1 aromatic heterocycles. The van der Waals surface area contributed by atoms with Crippen molar-refractivity contribution in [3.63, 3.8) is 0 Å². The van der Waals surface area contributed by atoms with Crippen molar-refractivity contribution < 1.29 is 4.79 Å². The number of halogens is 1. The van der Waals surface area contributed by atoms with Crippen molar-refractivity contribution in [1.82, 2.24) is 14.8 Å². The molecular weight excluding hydrogens is 296 g/mol. The number of carbonyl (C=O) groups is 1. The molecule has 0 radical (unpaired) electrons. The van der Waals surface area contributed by atoms with Gasteiger partial charge in [-0.2, -0.15) is 0 Å². The highest BCUT2D eigenvalue weighted by atomic mass is 35.5. The van der Waals surface area contributed by atoms with E-state index >= 15 is 0 Å². The lowest BCUT2D eigenvalue weighted by atomic mass is 10.1. The predicted molar refractivity (Wildman–Crippen MR) is 79.1 cm³/mol. The first-order valence-electron chi connectivity index (χ1n) is 6.33. The Balaban J connectivity index is 1.67. The monoisotopic (exact) mass is 308 g/mol. The third-order valence-corrected chi connectivity index (χ3v) is 4.31. The topological polar surface area (TPSA) is 59.8 Å². The van der Waals surface area contributed by atoms with Crippen LogP contribution in [0.3, 0.4) is 0 Å². The summed E-state index contributed by atoms with van der Waals surface area (Å²) in [6.45, 7) is 0.853. The van der Waals surface area contributed by atoms with E-state index in [0.29, 0.717) is 17.4 Å². The number of thioether (sulfide) groups is 1. The summed E-state index contributed by atoms with van der Waals surface area (Å²) in [6, 6.07) is 7.24. The fourth-order valence-electron chi connectivity index (χ4n) is 2.03. The zero-order valence-corrected chi connectivity index (χ0v) is 12.2. The molecule has 20 heavy (non-hydrogen) atoms. The lowest BCUT2D eigenvalue weighted by molar-refractivity contribution is -0.115. The summed E-state index contributed by atoms with van der Waals surface area (Å²) in [7, 11) is 0. The van der Waals surface area contributed by atoms with Gasteiger partial charge in [0.25, 0.3) is 0 Å². The summed E-state index contributed by atoms with van der Waals surface area (Å²) in [4.78, 5) is 12.0. The number of hydrogen-bond donors (Lipinski definition) is 1. The third-order valence-electron chi connectivity index (χ3n) is 3.00. The van der Waals surface area contributed by atoms with E-state index in [-0.39, 0.29) is 5.91 Å². The quantitative estimate of drug-likeness (QED) is 0.947. The van der Waals surface area contributed by atoms with E-state index in [9.17, 15) is 4.79 Å². The molecule has 1 aliphatic heterocycles. The van der Waals surface area contributed by atoms with Gasteiger partial charge in [0, 0.05) is 17.3 Å². The second-order valence-electron chi connectivity index (χ2n) is 4.51. The number of anilines is 1. The molecule has 0 spiro atoms. The molecule has 0 saturated heterocycles. The molecule has 2 heterocycles. The Morgan fingerprint density at radius 2 is 2.15 bits per heavy atom. The number of nitrogens with one attached hydrogen (secondary N) is 1. The number of fused-ring (bicyclic) bond motifs is 1. The molecule has 0 unspecified atom stereocenters. The summed E-state index contributed by atoms with van der Waals surface area (Å²) < 4.78 is 1.95. The molecule has 104 valence electrons.